The lowest BCUT2D eigenvalue weighted by atomic mass is 9.98. The molecule has 0 spiro atoms. The molecule has 1 saturated heterocycles. The number of aromatic carboxylic acids is 1. The molecule has 1 atom stereocenters. The van der Waals surface area contributed by atoms with Crippen molar-refractivity contribution < 1.29 is 24.2 Å². The van der Waals surface area contributed by atoms with Crippen LogP contribution in [0.25, 0.3) is 10.9 Å². The highest BCUT2D eigenvalue weighted by molar-refractivity contribution is 6.31. The van der Waals surface area contributed by atoms with Crippen LogP contribution in [0.1, 0.15) is 105 Å². The second-order valence-electron chi connectivity index (χ2n) is 11.1. The topological polar surface area (TPSA) is 112 Å². The molecule has 2 amide bonds. The van der Waals surface area contributed by atoms with Gasteiger partial charge in [-0.05, 0) is 42.7 Å². The number of carbonyl (C=O) groups excluding carboxylic acids is 2. The molecule has 2 aromatic carbocycles. The van der Waals surface area contributed by atoms with Crippen LogP contribution in [-0.4, -0.2) is 46.4 Å². The Morgan fingerprint density at radius 1 is 0.952 bits per heavy atom. The van der Waals surface area contributed by atoms with E-state index in [2.05, 4.69) is 10.3 Å². The van der Waals surface area contributed by atoms with E-state index in [0.717, 1.165) is 44.1 Å². The van der Waals surface area contributed by atoms with Crippen molar-refractivity contribution in [1.29, 1.82) is 0 Å². The number of aromatic amines is 1. The number of aromatic nitrogens is 1. The summed E-state index contributed by atoms with van der Waals surface area (Å²) in [6.07, 6.45) is 12.0. The number of H-pyrrole nitrogens is 1. The molecule has 3 aromatic rings. The molecular weight excluding hydrogens is 554 g/mol. The van der Waals surface area contributed by atoms with Crippen molar-refractivity contribution in [1.82, 2.24) is 15.2 Å². The van der Waals surface area contributed by atoms with Gasteiger partial charge < -0.3 is 25.0 Å². The average molecular weight is 596 g/mol. The van der Waals surface area contributed by atoms with E-state index < -0.39 is 17.9 Å². The number of amides is 2. The third-order valence-corrected chi connectivity index (χ3v) is 8.26. The SMILES string of the molecule is COc1cccc(CN2C(=O)CCCCCCCCCCCCCNC(=O)C2c2c(C(=O)O)[nH]c3cc(Cl)ccc23)c1. The van der Waals surface area contributed by atoms with E-state index in [0.29, 0.717) is 34.6 Å². The van der Waals surface area contributed by atoms with Crippen LogP contribution in [0.4, 0.5) is 0 Å². The van der Waals surface area contributed by atoms with E-state index in [1.807, 2.05) is 24.3 Å². The van der Waals surface area contributed by atoms with Crippen LogP contribution in [0.3, 0.4) is 0 Å². The molecule has 0 radical (unpaired) electrons. The molecule has 1 aliphatic rings. The number of benzene rings is 2. The quantitative estimate of drug-likeness (QED) is 0.284. The largest absolute Gasteiger partial charge is 0.497 e. The molecule has 1 aliphatic heterocycles. The normalized spacial score (nSPS) is 18.7. The van der Waals surface area contributed by atoms with Gasteiger partial charge >= 0.3 is 5.97 Å². The number of halogens is 1. The first-order chi connectivity index (χ1) is 20.4. The zero-order valence-electron chi connectivity index (χ0n) is 24.4. The summed E-state index contributed by atoms with van der Waals surface area (Å²) in [6.45, 7) is 0.570. The van der Waals surface area contributed by atoms with Gasteiger partial charge in [-0.3, -0.25) is 9.59 Å². The van der Waals surface area contributed by atoms with Gasteiger partial charge in [0.05, 0.1) is 7.11 Å². The molecule has 2 heterocycles. The first-order valence-corrected chi connectivity index (χ1v) is 15.5. The van der Waals surface area contributed by atoms with Crippen LogP contribution in [0, 0.1) is 0 Å². The Labute approximate surface area is 252 Å². The Kier molecular flexibility index (Phi) is 11.7. The van der Waals surface area contributed by atoms with Crippen LogP contribution in [0.5, 0.6) is 5.75 Å². The monoisotopic (exact) mass is 595 g/mol. The fourth-order valence-electron chi connectivity index (χ4n) is 5.81. The summed E-state index contributed by atoms with van der Waals surface area (Å²) < 4.78 is 5.41. The van der Waals surface area contributed by atoms with Crippen molar-refractivity contribution in [2.75, 3.05) is 13.7 Å². The molecule has 9 heteroatoms. The van der Waals surface area contributed by atoms with Crippen molar-refractivity contribution >= 4 is 40.3 Å². The Morgan fingerprint density at radius 3 is 2.29 bits per heavy atom. The van der Waals surface area contributed by atoms with E-state index in [-0.39, 0.29) is 30.1 Å². The second-order valence-corrected chi connectivity index (χ2v) is 11.6. The zero-order valence-corrected chi connectivity index (χ0v) is 25.2. The lowest BCUT2D eigenvalue weighted by Gasteiger charge is -2.32. The highest BCUT2D eigenvalue weighted by atomic mass is 35.5. The molecule has 0 aliphatic carbocycles. The summed E-state index contributed by atoms with van der Waals surface area (Å²) in [5.74, 6) is -1.17. The van der Waals surface area contributed by atoms with Gasteiger partial charge in [-0.1, -0.05) is 87.6 Å². The first kappa shape index (κ1) is 31.4. The Morgan fingerprint density at radius 2 is 1.62 bits per heavy atom. The number of nitrogens with one attached hydrogen (secondary N) is 2. The molecule has 1 unspecified atom stereocenters. The van der Waals surface area contributed by atoms with Crippen LogP contribution >= 0.6 is 11.6 Å². The molecule has 226 valence electrons. The van der Waals surface area contributed by atoms with Gasteiger partial charge in [-0.15, -0.1) is 0 Å². The van der Waals surface area contributed by atoms with Crippen molar-refractivity contribution in [3.63, 3.8) is 0 Å². The number of fused-ring (bicyclic) bond motifs is 1. The second kappa shape index (κ2) is 15.6. The molecule has 0 saturated carbocycles. The number of carboxylic acid groups (broad SMARTS) is 1. The molecule has 4 rings (SSSR count). The summed E-state index contributed by atoms with van der Waals surface area (Å²) in [6, 6.07) is 11.2. The number of hydrogen-bond donors (Lipinski definition) is 3. The third-order valence-electron chi connectivity index (χ3n) is 8.02. The predicted molar refractivity (Wildman–Crippen MR) is 165 cm³/mol. The van der Waals surface area contributed by atoms with Gasteiger partial charge in [0.25, 0.3) is 0 Å². The van der Waals surface area contributed by atoms with Gasteiger partial charge in [0.1, 0.15) is 17.5 Å². The van der Waals surface area contributed by atoms with Crippen LogP contribution in [-0.2, 0) is 16.1 Å². The smallest absolute Gasteiger partial charge is 0.352 e. The molecule has 8 nitrogen and oxygen atoms in total. The lowest BCUT2D eigenvalue weighted by Crippen LogP contribution is -2.44. The number of carbonyl (C=O) groups is 3. The molecule has 3 N–H and O–H groups in total. The maximum atomic E-state index is 14.1. The van der Waals surface area contributed by atoms with E-state index in [4.69, 9.17) is 16.3 Å². The maximum absolute atomic E-state index is 14.1. The molecule has 0 bridgehead atoms. The van der Waals surface area contributed by atoms with Crippen LogP contribution < -0.4 is 10.1 Å². The molecule has 42 heavy (non-hydrogen) atoms. The van der Waals surface area contributed by atoms with Crippen molar-refractivity contribution in [2.24, 2.45) is 0 Å². The van der Waals surface area contributed by atoms with E-state index in [9.17, 15) is 19.5 Å². The van der Waals surface area contributed by atoms with Gasteiger partial charge in [-0.2, -0.15) is 0 Å². The van der Waals surface area contributed by atoms with Gasteiger partial charge in [-0.25, -0.2) is 4.79 Å². The summed E-state index contributed by atoms with van der Waals surface area (Å²) in [4.78, 5) is 45.1. The van der Waals surface area contributed by atoms with E-state index in [1.54, 1.807) is 25.3 Å². The summed E-state index contributed by atoms with van der Waals surface area (Å²) >= 11 is 6.24. The van der Waals surface area contributed by atoms with E-state index >= 15 is 0 Å². The minimum atomic E-state index is -1.21. The lowest BCUT2D eigenvalue weighted by molar-refractivity contribution is -0.141. The maximum Gasteiger partial charge on any atom is 0.352 e. The number of rotatable bonds is 5. The molecular formula is C33H42ClN3O5. The standard InChI is InChI=1S/C33H42ClN3O5/c1-42-25-15-13-14-23(20-25)22-37-28(38)16-11-9-7-5-3-2-4-6-8-10-12-19-35-32(39)31(37)29-26-18-17-24(34)21-27(26)36-30(29)33(40)41/h13-15,17-18,20-21,31,36H,2-12,16,19,22H2,1H3,(H,35,39)(H,40,41). The van der Waals surface area contributed by atoms with Gasteiger partial charge in [0, 0.05) is 41.0 Å². The average Bonchev–Trinajstić information content (AvgIpc) is 3.35. The predicted octanol–water partition coefficient (Wildman–Crippen LogP) is 7.41. The Balaban J connectivity index is 1.79. The minimum absolute atomic E-state index is 0.118. The van der Waals surface area contributed by atoms with Crippen LogP contribution in [0.15, 0.2) is 42.5 Å². The fraction of sp³-hybridized carbons (Fsp3) is 0.485. The van der Waals surface area contributed by atoms with Crippen molar-refractivity contribution in [2.45, 2.75) is 89.6 Å². The summed E-state index contributed by atoms with van der Waals surface area (Å²) in [5.41, 5.74) is 1.41. The minimum Gasteiger partial charge on any atom is -0.497 e. The number of ether oxygens (including phenoxy) is 1. The molecule has 1 fully saturated rings. The molecule has 1 aromatic heterocycles. The van der Waals surface area contributed by atoms with E-state index in [1.165, 1.54) is 30.6 Å². The number of carboxylic acids is 1. The van der Waals surface area contributed by atoms with Gasteiger partial charge in [0.15, 0.2) is 0 Å². The van der Waals surface area contributed by atoms with Gasteiger partial charge in [0.2, 0.25) is 11.8 Å². The number of nitrogens with zero attached hydrogens (tertiary/aromatic N) is 1. The summed E-state index contributed by atoms with van der Waals surface area (Å²) in [5, 5.41) is 14.2. The number of methoxy groups -OCH3 is 1. The number of hydrogen-bond acceptors (Lipinski definition) is 4. The van der Waals surface area contributed by atoms with Crippen molar-refractivity contribution in [3.05, 3.63) is 64.3 Å². The third kappa shape index (κ3) is 8.28. The Hall–Kier alpha value is -3.52. The summed E-state index contributed by atoms with van der Waals surface area (Å²) in [7, 11) is 1.58. The highest BCUT2D eigenvalue weighted by Gasteiger charge is 2.36. The zero-order chi connectivity index (χ0) is 29.9. The Bertz CT molecular complexity index is 1370. The fourth-order valence-corrected chi connectivity index (χ4v) is 5.98. The highest BCUT2D eigenvalue weighted by Crippen LogP contribution is 2.35. The van der Waals surface area contributed by atoms with Crippen molar-refractivity contribution in [3.8, 4) is 5.75 Å². The van der Waals surface area contributed by atoms with Crippen LogP contribution in [0.2, 0.25) is 5.02 Å². The first-order valence-electron chi connectivity index (χ1n) is 15.1.